The Balaban J connectivity index is 2.46. The van der Waals surface area contributed by atoms with Crippen molar-refractivity contribution >= 4 is 10.2 Å². The molecule has 0 aliphatic carbocycles. The third-order valence-corrected chi connectivity index (χ3v) is 5.40. The van der Waals surface area contributed by atoms with Crippen molar-refractivity contribution in [3.63, 3.8) is 0 Å². The van der Waals surface area contributed by atoms with Gasteiger partial charge >= 0.3 is 0 Å². The van der Waals surface area contributed by atoms with Crippen molar-refractivity contribution in [1.29, 1.82) is 0 Å². The summed E-state index contributed by atoms with van der Waals surface area (Å²) < 4.78 is 32.8. The molecule has 0 amide bonds. The molecular formula is C12H26N2O4S. The molecule has 1 aliphatic heterocycles. The van der Waals surface area contributed by atoms with E-state index >= 15 is 0 Å². The largest absolute Gasteiger partial charge is 0.396 e. The first-order chi connectivity index (χ1) is 8.87. The number of rotatable bonds is 7. The van der Waals surface area contributed by atoms with Crippen molar-refractivity contribution in [3.8, 4) is 0 Å². The fourth-order valence-corrected chi connectivity index (χ4v) is 3.42. The van der Waals surface area contributed by atoms with Gasteiger partial charge in [-0.15, -0.1) is 0 Å². The highest BCUT2D eigenvalue weighted by atomic mass is 32.2. The van der Waals surface area contributed by atoms with Crippen molar-refractivity contribution in [2.45, 2.75) is 32.8 Å². The van der Waals surface area contributed by atoms with Gasteiger partial charge in [-0.2, -0.15) is 17.0 Å². The topological polar surface area (TPSA) is 70.1 Å². The van der Waals surface area contributed by atoms with E-state index in [0.29, 0.717) is 26.2 Å². The summed E-state index contributed by atoms with van der Waals surface area (Å²) in [6.45, 7) is 5.74. The molecule has 7 heteroatoms. The SMILES string of the molecule is CC(C)OCCN(C)S(=O)(=O)N1CCC(CO)CC1. The van der Waals surface area contributed by atoms with Gasteiger partial charge < -0.3 is 9.84 Å². The van der Waals surface area contributed by atoms with Crippen molar-refractivity contribution in [3.05, 3.63) is 0 Å². The summed E-state index contributed by atoms with van der Waals surface area (Å²) in [6, 6.07) is 0. The lowest BCUT2D eigenvalue weighted by molar-refractivity contribution is 0.0726. The molecule has 0 atom stereocenters. The number of ether oxygens (including phenoxy) is 1. The van der Waals surface area contributed by atoms with Crippen molar-refractivity contribution in [2.75, 3.05) is 39.9 Å². The van der Waals surface area contributed by atoms with E-state index in [-0.39, 0.29) is 18.6 Å². The first-order valence-electron chi connectivity index (χ1n) is 6.81. The molecule has 0 bridgehead atoms. The zero-order valence-corrected chi connectivity index (χ0v) is 12.9. The highest BCUT2D eigenvalue weighted by molar-refractivity contribution is 7.86. The molecule has 0 saturated carbocycles. The smallest absolute Gasteiger partial charge is 0.281 e. The monoisotopic (exact) mass is 294 g/mol. The summed E-state index contributed by atoms with van der Waals surface area (Å²) in [4.78, 5) is 0. The molecule has 1 N–H and O–H groups in total. The molecule has 6 nitrogen and oxygen atoms in total. The third-order valence-electron chi connectivity index (χ3n) is 3.41. The molecule has 1 rings (SSSR count). The van der Waals surface area contributed by atoms with Gasteiger partial charge in [0.1, 0.15) is 0 Å². The van der Waals surface area contributed by atoms with Gasteiger partial charge in [-0.1, -0.05) is 0 Å². The quantitative estimate of drug-likeness (QED) is 0.733. The van der Waals surface area contributed by atoms with Crippen LogP contribution in [0.1, 0.15) is 26.7 Å². The molecule has 1 heterocycles. The normalized spacial score (nSPS) is 19.5. The van der Waals surface area contributed by atoms with Gasteiger partial charge in [0.2, 0.25) is 0 Å². The minimum absolute atomic E-state index is 0.108. The molecule has 0 aromatic heterocycles. The Labute approximate surface area is 116 Å². The van der Waals surface area contributed by atoms with Crippen LogP contribution in [0.2, 0.25) is 0 Å². The molecule has 0 unspecified atom stereocenters. The van der Waals surface area contributed by atoms with Crippen LogP contribution in [-0.2, 0) is 14.9 Å². The van der Waals surface area contributed by atoms with Gasteiger partial charge in [-0.3, -0.25) is 0 Å². The van der Waals surface area contributed by atoms with Gasteiger partial charge in [0.25, 0.3) is 10.2 Å². The van der Waals surface area contributed by atoms with Crippen LogP contribution in [0.5, 0.6) is 0 Å². The lowest BCUT2D eigenvalue weighted by Gasteiger charge is -2.33. The Morgan fingerprint density at radius 3 is 2.42 bits per heavy atom. The number of piperidine rings is 1. The second-order valence-corrected chi connectivity index (χ2v) is 7.31. The first-order valence-corrected chi connectivity index (χ1v) is 8.21. The molecule has 0 spiro atoms. The molecule has 114 valence electrons. The summed E-state index contributed by atoms with van der Waals surface area (Å²) in [5.74, 6) is 0.237. The average Bonchev–Trinajstić information content (AvgIpc) is 2.38. The summed E-state index contributed by atoms with van der Waals surface area (Å²) in [7, 11) is -1.81. The van der Waals surface area contributed by atoms with E-state index in [1.54, 1.807) is 7.05 Å². The van der Waals surface area contributed by atoms with Gasteiger partial charge in [0.15, 0.2) is 0 Å². The fraction of sp³-hybridized carbons (Fsp3) is 1.00. The van der Waals surface area contributed by atoms with Crippen LogP contribution in [0, 0.1) is 5.92 Å². The molecular weight excluding hydrogens is 268 g/mol. The van der Waals surface area contributed by atoms with Crippen LogP contribution in [0.3, 0.4) is 0 Å². The number of hydrogen-bond donors (Lipinski definition) is 1. The van der Waals surface area contributed by atoms with E-state index in [2.05, 4.69) is 0 Å². The second kappa shape index (κ2) is 7.54. The highest BCUT2D eigenvalue weighted by Gasteiger charge is 2.30. The Bertz CT molecular complexity index is 351. The molecule has 0 aromatic rings. The van der Waals surface area contributed by atoms with E-state index in [4.69, 9.17) is 9.84 Å². The van der Waals surface area contributed by atoms with Crippen LogP contribution in [0.4, 0.5) is 0 Å². The van der Waals surface area contributed by atoms with Crippen LogP contribution in [-0.4, -0.2) is 68.1 Å². The van der Waals surface area contributed by atoms with Crippen molar-refractivity contribution in [1.82, 2.24) is 8.61 Å². The van der Waals surface area contributed by atoms with Gasteiger partial charge in [-0.05, 0) is 32.6 Å². The summed E-state index contributed by atoms with van der Waals surface area (Å²) >= 11 is 0. The predicted molar refractivity (Wildman–Crippen MR) is 74.0 cm³/mol. The third kappa shape index (κ3) is 5.00. The van der Waals surface area contributed by atoms with Crippen LogP contribution in [0.15, 0.2) is 0 Å². The molecule has 19 heavy (non-hydrogen) atoms. The Morgan fingerprint density at radius 1 is 1.37 bits per heavy atom. The van der Waals surface area contributed by atoms with E-state index in [9.17, 15) is 8.42 Å². The number of nitrogens with zero attached hydrogens (tertiary/aromatic N) is 2. The number of likely N-dealkylation sites (N-methyl/N-ethyl adjacent to an activating group) is 1. The van der Waals surface area contributed by atoms with Crippen LogP contribution >= 0.6 is 0 Å². The molecule has 1 aliphatic rings. The summed E-state index contributed by atoms with van der Waals surface area (Å²) in [5, 5.41) is 9.06. The summed E-state index contributed by atoms with van der Waals surface area (Å²) in [5.41, 5.74) is 0. The van der Waals surface area contributed by atoms with Crippen LogP contribution < -0.4 is 0 Å². The number of aliphatic hydroxyl groups excluding tert-OH is 1. The van der Waals surface area contributed by atoms with E-state index in [1.165, 1.54) is 8.61 Å². The standard InChI is InChI=1S/C12H26N2O4S/c1-11(2)18-9-8-13(3)19(16,17)14-6-4-12(10-15)5-7-14/h11-12,15H,4-10H2,1-3H3. The maximum absolute atomic E-state index is 12.3. The predicted octanol–water partition coefficient (Wildman–Crippen LogP) is 0.292. The minimum Gasteiger partial charge on any atom is -0.396 e. The highest BCUT2D eigenvalue weighted by Crippen LogP contribution is 2.20. The van der Waals surface area contributed by atoms with E-state index in [1.807, 2.05) is 13.8 Å². The van der Waals surface area contributed by atoms with Gasteiger partial charge in [0.05, 0.1) is 12.7 Å². The molecule has 0 radical (unpaired) electrons. The van der Waals surface area contributed by atoms with E-state index in [0.717, 1.165) is 12.8 Å². The zero-order valence-electron chi connectivity index (χ0n) is 12.1. The first kappa shape index (κ1) is 16.8. The number of aliphatic hydroxyl groups is 1. The Kier molecular flexibility index (Phi) is 6.68. The summed E-state index contributed by atoms with van der Waals surface area (Å²) in [6.07, 6.45) is 1.56. The number of hydrogen-bond acceptors (Lipinski definition) is 4. The molecule has 0 aromatic carbocycles. The van der Waals surface area contributed by atoms with Gasteiger partial charge in [-0.25, -0.2) is 0 Å². The Morgan fingerprint density at radius 2 is 1.95 bits per heavy atom. The fourth-order valence-electron chi connectivity index (χ4n) is 2.05. The van der Waals surface area contributed by atoms with Crippen molar-refractivity contribution in [2.24, 2.45) is 5.92 Å². The lowest BCUT2D eigenvalue weighted by Crippen LogP contribution is -2.47. The maximum Gasteiger partial charge on any atom is 0.281 e. The molecule has 1 fully saturated rings. The van der Waals surface area contributed by atoms with Gasteiger partial charge in [0, 0.05) is 33.3 Å². The zero-order chi connectivity index (χ0) is 14.5. The lowest BCUT2D eigenvalue weighted by atomic mass is 10.00. The van der Waals surface area contributed by atoms with Crippen molar-refractivity contribution < 1.29 is 18.3 Å². The Hall–Kier alpha value is -0.210. The minimum atomic E-state index is -3.39. The average molecular weight is 294 g/mol. The molecule has 1 saturated heterocycles. The maximum atomic E-state index is 12.3. The van der Waals surface area contributed by atoms with Crippen LogP contribution in [0.25, 0.3) is 0 Å². The second-order valence-electron chi connectivity index (χ2n) is 5.27. The van der Waals surface area contributed by atoms with E-state index < -0.39 is 10.2 Å².